The van der Waals surface area contributed by atoms with Gasteiger partial charge in [-0.2, -0.15) is 0 Å². The fourth-order valence-electron chi connectivity index (χ4n) is 3.29. The summed E-state index contributed by atoms with van der Waals surface area (Å²) in [6.45, 7) is 6.17. The van der Waals surface area contributed by atoms with Crippen molar-refractivity contribution in [2.75, 3.05) is 5.32 Å². The van der Waals surface area contributed by atoms with Crippen LogP contribution in [0.3, 0.4) is 0 Å². The molecule has 0 unspecified atom stereocenters. The SMILES string of the molecule is Cc1ccc2nc(-c3ccc(NC(=S)NC(=O)c4ccc(C(C)C)cc4)cc3O)oc2c1. The second-order valence-corrected chi connectivity index (χ2v) is 8.32. The molecule has 4 rings (SSSR count). The van der Waals surface area contributed by atoms with Gasteiger partial charge < -0.3 is 14.8 Å². The number of benzene rings is 3. The number of anilines is 1. The second-order valence-electron chi connectivity index (χ2n) is 7.91. The van der Waals surface area contributed by atoms with E-state index in [1.165, 1.54) is 6.07 Å². The number of phenolic OH excluding ortho intramolecular Hbond substituents is 1. The highest BCUT2D eigenvalue weighted by Gasteiger charge is 2.14. The minimum absolute atomic E-state index is 0.0170. The van der Waals surface area contributed by atoms with Crippen LogP contribution in [0.4, 0.5) is 5.69 Å². The molecule has 0 aliphatic carbocycles. The highest BCUT2D eigenvalue weighted by molar-refractivity contribution is 7.80. The number of hydrogen-bond donors (Lipinski definition) is 3. The molecule has 0 aliphatic rings. The Bertz CT molecular complexity index is 1310. The fraction of sp³-hybridized carbons (Fsp3) is 0.160. The number of nitrogens with one attached hydrogen (secondary N) is 2. The molecule has 3 aromatic carbocycles. The molecule has 1 heterocycles. The molecule has 162 valence electrons. The van der Waals surface area contributed by atoms with E-state index in [4.69, 9.17) is 16.6 Å². The molecular weight excluding hydrogens is 422 g/mol. The van der Waals surface area contributed by atoms with E-state index in [0.29, 0.717) is 34.2 Å². The second kappa shape index (κ2) is 8.80. The van der Waals surface area contributed by atoms with Crippen LogP contribution in [0.15, 0.2) is 65.1 Å². The maximum atomic E-state index is 12.4. The quantitative estimate of drug-likeness (QED) is 0.346. The Morgan fingerprint density at radius 1 is 1.06 bits per heavy atom. The molecule has 3 N–H and O–H groups in total. The molecule has 0 saturated carbocycles. The summed E-state index contributed by atoms with van der Waals surface area (Å²) in [6.07, 6.45) is 0. The predicted molar refractivity (Wildman–Crippen MR) is 130 cm³/mol. The van der Waals surface area contributed by atoms with E-state index < -0.39 is 0 Å². The molecule has 0 saturated heterocycles. The van der Waals surface area contributed by atoms with Gasteiger partial charge in [0.15, 0.2) is 10.7 Å². The van der Waals surface area contributed by atoms with Crippen LogP contribution < -0.4 is 10.6 Å². The lowest BCUT2D eigenvalue weighted by Gasteiger charge is -2.11. The third-order valence-electron chi connectivity index (χ3n) is 5.10. The highest BCUT2D eigenvalue weighted by atomic mass is 32.1. The minimum atomic E-state index is -0.305. The molecule has 7 heteroatoms. The fourth-order valence-corrected chi connectivity index (χ4v) is 3.50. The molecule has 0 atom stereocenters. The maximum absolute atomic E-state index is 12.4. The van der Waals surface area contributed by atoms with Crippen molar-refractivity contribution >= 4 is 40.0 Å². The normalized spacial score (nSPS) is 11.0. The number of amides is 1. The van der Waals surface area contributed by atoms with E-state index in [-0.39, 0.29) is 16.8 Å². The molecule has 32 heavy (non-hydrogen) atoms. The smallest absolute Gasteiger partial charge is 0.257 e. The first-order chi connectivity index (χ1) is 15.3. The number of hydrogen-bond acceptors (Lipinski definition) is 5. The molecule has 0 aliphatic heterocycles. The molecule has 0 spiro atoms. The van der Waals surface area contributed by atoms with Gasteiger partial charge in [-0.1, -0.05) is 32.0 Å². The van der Waals surface area contributed by atoms with Crippen molar-refractivity contribution in [3.63, 3.8) is 0 Å². The number of rotatable bonds is 4. The summed E-state index contributed by atoms with van der Waals surface area (Å²) < 4.78 is 5.79. The zero-order valence-corrected chi connectivity index (χ0v) is 18.8. The van der Waals surface area contributed by atoms with Crippen LogP contribution in [0.25, 0.3) is 22.6 Å². The highest BCUT2D eigenvalue weighted by Crippen LogP contribution is 2.33. The molecule has 4 aromatic rings. The first kappa shape index (κ1) is 21.5. The summed E-state index contributed by atoms with van der Waals surface area (Å²) in [7, 11) is 0. The first-order valence-electron chi connectivity index (χ1n) is 10.2. The number of carbonyl (C=O) groups excluding carboxylic acids is 1. The van der Waals surface area contributed by atoms with Crippen molar-refractivity contribution in [3.8, 4) is 17.2 Å². The van der Waals surface area contributed by atoms with Gasteiger partial charge in [-0.15, -0.1) is 0 Å². The van der Waals surface area contributed by atoms with Crippen LogP contribution in [-0.2, 0) is 0 Å². The number of nitrogens with zero attached hydrogens (tertiary/aromatic N) is 1. The molecule has 0 fully saturated rings. The standard InChI is InChI=1S/C25H23N3O3S/c1-14(2)16-5-7-17(8-6-16)23(30)28-25(32)26-18-9-10-19(21(29)13-18)24-27-20-11-4-15(3)12-22(20)31-24/h4-14,29H,1-3H3,(H2,26,28,30,32). The molecule has 0 bridgehead atoms. The van der Waals surface area contributed by atoms with Gasteiger partial charge in [-0.25, -0.2) is 4.98 Å². The Morgan fingerprint density at radius 3 is 2.50 bits per heavy atom. The van der Waals surface area contributed by atoms with Crippen LogP contribution in [0, 0.1) is 6.92 Å². The Balaban J connectivity index is 1.44. The summed E-state index contributed by atoms with van der Waals surface area (Å²) in [5.74, 6) is 0.400. The molecular formula is C25H23N3O3S. The number of aromatic hydroxyl groups is 1. The molecule has 0 radical (unpaired) electrons. The number of carbonyl (C=O) groups is 1. The molecule has 1 aromatic heterocycles. The van der Waals surface area contributed by atoms with E-state index in [0.717, 1.165) is 16.6 Å². The van der Waals surface area contributed by atoms with Gasteiger partial charge in [0.25, 0.3) is 5.91 Å². The van der Waals surface area contributed by atoms with E-state index in [2.05, 4.69) is 29.5 Å². The third-order valence-corrected chi connectivity index (χ3v) is 5.30. The van der Waals surface area contributed by atoms with E-state index in [1.54, 1.807) is 24.3 Å². The molecule has 1 amide bonds. The monoisotopic (exact) mass is 445 g/mol. The number of aromatic nitrogens is 1. The largest absolute Gasteiger partial charge is 0.507 e. The molecule has 6 nitrogen and oxygen atoms in total. The van der Waals surface area contributed by atoms with Crippen LogP contribution >= 0.6 is 12.2 Å². The predicted octanol–water partition coefficient (Wildman–Crippen LogP) is 5.76. The zero-order valence-electron chi connectivity index (χ0n) is 18.0. The first-order valence-corrected chi connectivity index (χ1v) is 10.6. The van der Waals surface area contributed by atoms with Crippen LogP contribution in [0.5, 0.6) is 5.75 Å². The van der Waals surface area contributed by atoms with Crippen molar-refractivity contribution < 1.29 is 14.3 Å². The number of aryl methyl sites for hydroxylation is 1. The average Bonchev–Trinajstić information content (AvgIpc) is 3.16. The lowest BCUT2D eigenvalue weighted by atomic mass is 10.0. The maximum Gasteiger partial charge on any atom is 0.257 e. The topological polar surface area (TPSA) is 87.4 Å². The van der Waals surface area contributed by atoms with Crippen LogP contribution in [-0.4, -0.2) is 21.1 Å². The van der Waals surface area contributed by atoms with Gasteiger partial charge in [0, 0.05) is 17.3 Å². The van der Waals surface area contributed by atoms with Crippen molar-refractivity contribution in [3.05, 3.63) is 77.4 Å². The zero-order chi connectivity index (χ0) is 22.8. The average molecular weight is 446 g/mol. The van der Waals surface area contributed by atoms with Crippen molar-refractivity contribution in [2.24, 2.45) is 0 Å². The van der Waals surface area contributed by atoms with Gasteiger partial charge in [0.05, 0.1) is 5.56 Å². The summed E-state index contributed by atoms with van der Waals surface area (Å²) in [5.41, 5.74) is 5.11. The number of thiocarbonyl (C=S) groups is 1. The summed E-state index contributed by atoms with van der Waals surface area (Å²) in [6, 6.07) is 18.1. The van der Waals surface area contributed by atoms with Crippen molar-refractivity contribution in [1.29, 1.82) is 0 Å². The lowest BCUT2D eigenvalue weighted by molar-refractivity contribution is 0.0977. The number of phenols is 1. The summed E-state index contributed by atoms with van der Waals surface area (Å²) in [5, 5.41) is 16.2. The van der Waals surface area contributed by atoms with Crippen molar-refractivity contribution in [1.82, 2.24) is 10.3 Å². The summed E-state index contributed by atoms with van der Waals surface area (Å²) >= 11 is 5.25. The van der Waals surface area contributed by atoms with E-state index in [1.807, 2.05) is 37.3 Å². The van der Waals surface area contributed by atoms with Gasteiger partial charge in [0.1, 0.15) is 11.3 Å². The van der Waals surface area contributed by atoms with Gasteiger partial charge >= 0.3 is 0 Å². The lowest BCUT2D eigenvalue weighted by Crippen LogP contribution is -2.34. The van der Waals surface area contributed by atoms with Crippen LogP contribution in [0.1, 0.15) is 41.3 Å². The van der Waals surface area contributed by atoms with Crippen LogP contribution in [0.2, 0.25) is 0 Å². The van der Waals surface area contributed by atoms with E-state index in [9.17, 15) is 9.90 Å². The Hall–Kier alpha value is -3.71. The van der Waals surface area contributed by atoms with Gasteiger partial charge in [-0.3, -0.25) is 10.1 Å². The van der Waals surface area contributed by atoms with Gasteiger partial charge in [0.2, 0.25) is 5.89 Å². The summed E-state index contributed by atoms with van der Waals surface area (Å²) in [4.78, 5) is 16.9. The Morgan fingerprint density at radius 2 is 1.81 bits per heavy atom. The number of fused-ring (bicyclic) bond motifs is 1. The van der Waals surface area contributed by atoms with E-state index >= 15 is 0 Å². The Kier molecular flexibility index (Phi) is 5.92. The van der Waals surface area contributed by atoms with Gasteiger partial charge in [-0.05, 0) is 72.6 Å². The minimum Gasteiger partial charge on any atom is -0.507 e. The van der Waals surface area contributed by atoms with Crippen molar-refractivity contribution in [2.45, 2.75) is 26.7 Å². The third kappa shape index (κ3) is 4.63. The Labute approximate surface area is 191 Å². The number of oxazole rings is 1.